The van der Waals surface area contributed by atoms with Crippen molar-refractivity contribution in [3.63, 3.8) is 0 Å². The number of amides is 1. The molecule has 0 saturated heterocycles. The lowest BCUT2D eigenvalue weighted by Gasteiger charge is -2.18. The fourth-order valence-electron chi connectivity index (χ4n) is 2.40. The first-order valence-electron chi connectivity index (χ1n) is 6.92. The normalized spacial score (nSPS) is 12.0. The van der Waals surface area contributed by atoms with Gasteiger partial charge in [0.05, 0.1) is 6.04 Å². The number of hydrogen-bond donors (Lipinski definition) is 1. The van der Waals surface area contributed by atoms with E-state index in [1.165, 1.54) is 22.3 Å². The molecule has 2 aromatic carbocycles. The van der Waals surface area contributed by atoms with Crippen molar-refractivity contribution in [3.05, 3.63) is 70.3 Å². The van der Waals surface area contributed by atoms with Crippen molar-refractivity contribution < 1.29 is 4.79 Å². The second-order valence-electron chi connectivity index (χ2n) is 5.35. The lowest BCUT2D eigenvalue weighted by molar-refractivity contribution is 0.0940. The van der Waals surface area contributed by atoms with E-state index in [0.29, 0.717) is 5.56 Å². The summed E-state index contributed by atoms with van der Waals surface area (Å²) in [4.78, 5) is 12.2. The van der Waals surface area contributed by atoms with Crippen molar-refractivity contribution in [3.8, 4) is 0 Å². The highest BCUT2D eigenvalue weighted by molar-refractivity contribution is 5.94. The summed E-state index contributed by atoms with van der Waals surface area (Å²) in [6.07, 6.45) is 0. The Morgan fingerprint density at radius 1 is 0.950 bits per heavy atom. The molecule has 0 saturated carbocycles. The molecule has 1 atom stereocenters. The van der Waals surface area contributed by atoms with E-state index >= 15 is 0 Å². The molecule has 0 spiro atoms. The fraction of sp³-hybridized carbons (Fsp3) is 0.278. The van der Waals surface area contributed by atoms with Crippen LogP contribution in [-0.2, 0) is 0 Å². The van der Waals surface area contributed by atoms with Crippen LogP contribution < -0.4 is 5.32 Å². The van der Waals surface area contributed by atoms with Crippen molar-refractivity contribution in [2.45, 2.75) is 33.7 Å². The minimum absolute atomic E-state index is 0.00186. The van der Waals surface area contributed by atoms with Crippen LogP contribution in [0.3, 0.4) is 0 Å². The summed E-state index contributed by atoms with van der Waals surface area (Å²) in [6, 6.07) is 13.7. The van der Waals surface area contributed by atoms with E-state index in [-0.39, 0.29) is 11.9 Å². The maximum absolute atomic E-state index is 12.2. The minimum Gasteiger partial charge on any atom is -0.346 e. The Morgan fingerprint density at radius 3 is 2.20 bits per heavy atom. The zero-order chi connectivity index (χ0) is 14.7. The Hall–Kier alpha value is -2.09. The van der Waals surface area contributed by atoms with Crippen LogP contribution in [0.1, 0.15) is 45.6 Å². The Morgan fingerprint density at radius 2 is 1.55 bits per heavy atom. The van der Waals surface area contributed by atoms with Gasteiger partial charge in [0.2, 0.25) is 0 Å². The number of aryl methyl sites for hydroxylation is 3. The average Bonchev–Trinajstić information content (AvgIpc) is 2.43. The standard InChI is InChI=1S/C18H21NO/c1-12-10-14(3)17(11-13(12)2)15(4)19-18(20)16-8-6-5-7-9-16/h5-11,15H,1-4H3,(H,19,20). The van der Waals surface area contributed by atoms with Crippen molar-refractivity contribution in [2.24, 2.45) is 0 Å². The molecule has 0 radical (unpaired) electrons. The molecule has 0 aliphatic carbocycles. The van der Waals surface area contributed by atoms with Gasteiger partial charge in [-0.25, -0.2) is 0 Å². The Balaban J connectivity index is 2.19. The molecule has 0 aliphatic heterocycles. The van der Waals surface area contributed by atoms with Gasteiger partial charge in [-0.2, -0.15) is 0 Å². The first-order chi connectivity index (χ1) is 9.49. The van der Waals surface area contributed by atoms with Gasteiger partial charge in [0.25, 0.3) is 5.91 Å². The molecule has 20 heavy (non-hydrogen) atoms. The molecule has 2 aromatic rings. The molecule has 2 rings (SSSR count). The Labute approximate surface area is 120 Å². The van der Waals surface area contributed by atoms with Crippen LogP contribution in [0.25, 0.3) is 0 Å². The predicted octanol–water partition coefficient (Wildman–Crippen LogP) is 4.10. The number of rotatable bonds is 3. The van der Waals surface area contributed by atoms with E-state index < -0.39 is 0 Å². The SMILES string of the molecule is Cc1cc(C)c(C(C)NC(=O)c2ccccc2)cc1C. The molecule has 2 nitrogen and oxygen atoms in total. The summed E-state index contributed by atoms with van der Waals surface area (Å²) in [5.74, 6) is -0.0317. The van der Waals surface area contributed by atoms with Gasteiger partial charge in [-0.1, -0.05) is 30.3 Å². The quantitative estimate of drug-likeness (QED) is 0.891. The van der Waals surface area contributed by atoms with Gasteiger partial charge in [-0.05, 0) is 62.1 Å². The summed E-state index contributed by atoms with van der Waals surface area (Å²) in [7, 11) is 0. The summed E-state index contributed by atoms with van der Waals surface area (Å²) in [6.45, 7) is 8.33. The summed E-state index contributed by atoms with van der Waals surface area (Å²) in [5.41, 5.74) is 5.63. The van der Waals surface area contributed by atoms with Gasteiger partial charge in [0.1, 0.15) is 0 Å². The van der Waals surface area contributed by atoms with Gasteiger partial charge >= 0.3 is 0 Å². The molecule has 0 heterocycles. The second kappa shape index (κ2) is 5.91. The van der Waals surface area contributed by atoms with Crippen LogP contribution in [0.4, 0.5) is 0 Å². The van der Waals surface area contributed by atoms with E-state index in [0.717, 1.165) is 0 Å². The highest BCUT2D eigenvalue weighted by atomic mass is 16.1. The first-order valence-corrected chi connectivity index (χ1v) is 6.92. The average molecular weight is 267 g/mol. The highest BCUT2D eigenvalue weighted by Crippen LogP contribution is 2.21. The van der Waals surface area contributed by atoms with E-state index in [4.69, 9.17) is 0 Å². The van der Waals surface area contributed by atoms with E-state index in [1.54, 1.807) is 0 Å². The number of hydrogen-bond acceptors (Lipinski definition) is 1. The van der Waals surface area contributed by atoms with Crippen molar-refractivity contribution in [2.75, 3.05) is 0 Å². The summed E-state index contributed by atoms with van der Waals surface area (Å²) >= 11 is 0. The number of carbonyl (C=O) groups is 1. The van der Waals surface area contributed by atoms with Gasteiger partial charge in [0.15, 0.2) is 0 Å². The number of nitrogens with one attached hydrogen (secondary N) is 1. The molecular formula is C18H21NO. The maximum atomic E-state index is 12.2. The third-order valence-electron chi connectivity index (χ3n) is 3.73. The first kappa shape index (κ1) is 14.3. The smallest absolute Gasteiger partial charge is 0.251 e. The largest absolute Gasteiger partial charge is 0.346 e. The van der Waals surface area contributed by atoms with Gasteiger partial charge in [-0.15, -0.1) is 0 Å². The Kier molecular flexibility index (Phi) is 4.23. The Bertz CT molecular complexity index is 617. The molecule has 0 aromatic heterocycles. The van der Waals surface area contributed by atoms with Crippen molar-refractivity contribution in [1.82, 2.24) is 5.32 Å². The van der Waals surface area contributed by atoms with Crippen LogP contribution in [0, 0.1) is 20.8 Å². The lowest BCUT2D eigenvalue weighted by atomic mass is 9.96. The minimum atomic E-state index is -0.0317. The molecule has 0 bridgehead atoms. The molecular weight excluding hydrogens is 246 g/mol. The third kappa shape index (κ3) is 3.08. The van der Waals surface area contributed by atoms with Crippen molar-refractivity contribution >= 4 is 5.91 Å². The zero-order valence-electron chi connectivity index (χ0n) is 12.5. The van der Waals surface area contributed by atoms with Crippen LogP contribution >= 0.6 is 0 Å². The number of carbonyl (C=O) groups excluding carboxylic acids is 1. The maximum Gasteiger partial charge on any atom is 0.251 e. The molecule has 2 heteroatoms. The van der Waals surface area contributed by atoms with E-state index in [2.05, 4.69) is 38.2 Å². The molecule has 104 valence electrons. The van der Waals surface area contributed by atoms with Crippen molar-refractivity contribution in [1.29, 1.82) is 0 Å². The van der Waals surface area contributed by atoms with Gasteiger partial charge in [0, 0.05) is 5.56 Å². The van der Waals surface area contributed by atoms with E-state index in [9.17, 15) is 4.79 Å². The molecule has 1 unspecified atom stereocenters. The molecule has 1 N–H and O–H groups in total. The summed E-state index contributed by atoms with van der Waals surface area (Å²) in [5, 5.41) is 3.06. The number of benzene rings is 2. The second-order valence-corrected chi connectivity index (χ2v) is 5.35. The summed E-state index contributed by atoms with van der Waals surface area (Å²) < 4.78 is 0. The van der Waals surface area contributed by atoms with E-state index in [1.807, 2.05) is 37.3 Å². The van der Waals surface area contributed by atoms with Crippen LogP contribution in [0.5, 0.6) is 0 Å². The van der Waals surface area contributed by atoms with Crippen LogP contribution in [0.2, 0.25) is 0 Å². The molecule has 0 aliphatic rings. The lowest BCUT2D eigenvalue weighted by Crippen LogP contribution is -2.27. The predicted molar refractivity (Wildman–Crippen MR) is 83.0 cm³/mol. The monoisotopic (exact) mass is 267 g/mol. The highest BCUT2D eigenvalue weighted by Gasteiger charge is 2.13. The van der Waals surface area contributed by atoms with Gasteiger partial charge in [-0.3, -0.25) is 4.79 Å². The zero-order valence-corrected chi connectivity index (χ0v) is 12.5. The van der Waals surface area contributed by atoms with Crippen LogP contribution in [-0.4, -0.2) is 5.91 Å². The molecule has 1 amide bonds. The van der Waals surface area contributed by atoms with Gasteiger partial charge < -0.3 is 5.32 Å². The van der Waals surface area contributed by atoms with Crippen LogP contribution in [0.15, 0.2) is 42.5 Å². The third-order valence-corrected chi connectivity index (χ3v) is 3.73. The fourth-order valence-corrected chi connectivity index (χ4v) is 2.40. The topological polar surface area (TPSA) is 29.1 Å². The molecule has 0 fully saturated rings.